The summed E-state index contributed by atoms with van der Waals surface area (Å²) in [5.41, 5.74) is -0.362. The summed E-state index contributed by atoms with van der Waals surface area (Å²) in [6.07, 6.45) is 0.274. The molecule has 0 bridgehead atoms. The molecule has 0 aliphatic carbocycles. The van der Waals surface area contributed by atoms with E-state index in [1.165, 1.54) is 19.2 Å². The number of carboxylic acid groups (broad SMARTS) is 1. The molecule has 0 aliphatic heterocycles. The van der Waals surface area contributed by atoms with Gasteiger partial charge in [0.05, 0.1) is 12.0 Å². The molecule has 7 heteroatoms. The number of nitrogens with zero attached hydrogens (tertiary/aromatic N) is 2. The van der Waals surface area contributed by atoms with E-state index in [1.807, 2.05) is 13.8 Å². The quantitative estimate of drug-likeness (QED) is 0.626. The number of methoxy groups -OCH3 is 1. The van der Waals surface area contributed by atoms with Crippen molar-refractivity contribution in [2.24, 2.45) is 5.92 Å². The lowest BCUT2D eigenvalue weighted by molar-refractivity contribution is -0.386. The fourth-order valence-electron chi connectivity index (χ4n) is 1.77. The van der Waals surface area contributed by atoms with Crippen molar-refractivity contribution >= 4 is 11.7 Å². The van der Waals surface area contributed by atoms with Crippen LogP contribution in [0.4, 0.5) is 5.69 Å². The van der Waals surface area contributed by atoms with Crippen LogP contribution >= 0.6 is 0 Å². The van der Waals surface area contributed by atoms with Gasteiger partial charge in [0.2, 0.25) is 5.88 Å². The molecule has 1 rings (SSSR count). The molecule has 1 aromatic rings. The summed E-state index contributed by atoms with van der Waals surface area (Å²) in [6.45, 7) is 3.70. The van der Waals surface area contributed by atoms with E-state index in [2.05, 4.69) is 4.98 Å². The topological polar surface area (TPSA) is 103 Å². The van der Waals surface area contributed by atoms with E-state index in [0.717, 1.165) is 0 Å². The molecule has 0 saturated heterocycles. The largest absolute Gasteiger partial charge is 0.481 e. The summed E-state index contributed by atoms with van der Waals surface area (Å²) in [5, 5.41) is 20.2. The molecular weight excluding hydrogens is 252 g/mol. The zero-order valence-electron chi connectivity index (χ0n) is 11.0. The minimum absolute atomic E-state index is 0.0643. The van der Waals surface area contributed by atoms with Gasteiger partial charge in [0.25, 0.3) is 5.69 Å². The zero-order valence-corrected chi connectivity index (χ0v) is 11.0. The van der Waals surface area contributed by atoms with Gasteiger partial charge >= 0.3 is 5.97 Å². The van der Waals surface area contributed by atoms with Crippen LogP contribution in [0.1, 0.15) is 31.9 Å². The van der Waals surface area contributed by atoms with Crippen LogP contribution in [-0.2, 0) is 4.79 Å². The number of rotatable bonds is 6. The van der Waals surface area contributed by atoms with E-state index in [-0.39, 0.29) is 29.6 Å². The summed E-state index contributed by atoms with van der Waals surface area (Å²) in [4.78, 5) is 25.6. The lowest BCUT2D eigenvalue weighted by Gasteiger charge is -2.14. The van der Waals surface area contributed by atoms with Crippen LogP contribution in [0.15, 0.2) is 12.1 Å². The smallest absolute Gasteiger partial charge is 0.312 e. The normalized spacial score (nSPS) is 12.2. The van der Waals surface area contributed by atoms with Crippen molar-refractivity contribution in [3.05, 3.63) is 27.9 Å². The Balaban J connectivity index is 3.32. The summed E-state index contributed by atoms with van der Waals surface area (Å²) < 4.78 is 4.90. The Morgan fingerprint density at radius 1 is 1.53 bits per heavy atom. The van der Waals surface area contributed by atoms with Gasteiger partial charge in [-0.05, 0) is 12.3 Å². The first kappa shape index (κ1) is 14.9. The highest BCUT2D eigenvalue weighted by Crippen LogP contribution is 2.31. The molecule has 1 N–H and O–H groups in total. The van der Waals surface area contributed by atoms with Crippen molar-refractivity contribution in [1.29, 1.82) is 0 Å². The number of ether oxygens (including phenoxy) is 1. The SMILES string of the molecule is COc1ccc([N+](=O)[O-])c(C(CC(C)C)C(=O)O)n1. The molecule has 0 radical (unpaired) electrons. The molecule has 1 unspecified atom stereocenters. The number of aromatic nitrogens is 1. The number of aliphatic carboxylic acids is 1. The third-order valence-electron chi connectivity index (χ3n) is 2.62. The molecule has 104 valence electrons. The average Bonchev–Trinajstić information content (AvgIpc) is 2.34. The first-order valence-corrected chi connectivity index (χ1v) is 5.79. The Kier molecular flexibility index (Phi) is 4.80. The molecule has 7 nitrogen and oxygen atoms in total. The van der Waals surface area contributed by atoms with E-state index in [0.29, 0.717) is 0 Å². The van der Waals surface area contributed by atoms with Gasteiger partial charge in [-0.15, -0.1) is 0 Å². The highest BCUT2D eigenvalue weighted by atomic mass is 16.6. The summed E-state index contributed by atoms with van der Waals surface area (Å²) in [6, 6.07) is 2.56. The van der Waals surface area contributed by atoms with Gasteiger partial charge in [0.1, 0.15) is 11.6 Å². The van der Waals surface area contributed by atoms with Crippen LogP contribution in [0.3, 0.4) is 0 Å². The molecular formula is C12H16N2O5. The number of nitro groups is 1. The van der Waals surface area contributed by atoms with E-state index in [4.69, 9.17) is 4.74 Å². The second kappa shape index (κ2) is 6.12. The van der Waals surface area contributed by atoms with Gasteiger partial charge in [-0.2, -0.15) is 0 Å². The summed E-state index contributed by atoms with van der Waals surface area (Å²) in [5.74, 6) is -1.91. The Labute approximate surface area is 110 Å². The molecule has 0 spiro atoms. The summed E-state index contributed by atoms with van der Waals surface area (Å²) in [7, 11) is 1.37. The van der Waals surface area contributed by atoms with Gasteiger partial charge < -0.3 is 9.84 Å². The number of carbonyl (C=O) groups is 1. The van der Waals surface area contributed by atoms with Crippen molar-refractivity contribution < 1.29 is 19.6 Å². The van der Waals surface area contributed by atoms with E-state index >= 15 is 0 Å². The van der Waals surface area contributed by atoms with E-state index in [1.54, 1.807) is 0 Å². The van der Waals surface area contributed by atoms with Gasteiger partial charge in [0.15, 0.2) is 0 Å². The fourth-order valence-corrected chi connectivity index (χ4v) is 1.77. The molecule has 0 saturated carbocycles. The molecule has 1 atom stereocenters. The fraction of sp³-hybridized carbons (Fsp3) is 0.500. The maximum atomic E-state index is 11.3. The maximum Gasteiger partial charge on any atom is 0.312 e. The Morgan fingerprint density at radius 2 is 2.16 bits per heavy atom. The van der Waals surface area contributed by atoms with E-state index in [9.17, 15) is 20.0 Å². The minimum Gasteiger partial charge on any atom is -0.481 e. The average molecular weight is 268 g/mol. The summed E-state index contributed by atoms with van der Waals surface area (Å²) >= 11 is 0. The third kappa shape index (κ3) is 3.64. The lowest BCUT2D eigenvalue weighted by Crippen LogP contribution is -2.17. The molecule has 0 fully saturated rings. The number of hydrogen-bond acceptors (Lipinski definition) is 5. The van der Waals surface area contributed by atoms with Gasteiger partial charge in [-0.3, -0.25) is 14.9 Å². The van der Waals surface area contributed by atoms with Crippen molar-refractivity contribution in [2.75, 3.05) is 7.11 Å². The van der Waals surface area contributed by atoms with Crippen molar-refractivity contribution in [1.82, 2.24) is 4.98 Å². The molecule has 0 aliphatic rings. The van der Waals surface area contributed by atoms with Crippen molar-refractivity contribution in [3.8, 4) is 5.88 Å². The van der Waals surface area contributed by atoms with Crippen LogP contribution in [-0.4, -0.2) is 28.1 Å². The van der Waals surface area contributed by atoms with Gasteiger partial charge in [-0.25, -0.2) is 4.98 Å². The molecule has 0 aromatic carbocycles. The Bertz CT molecular complexity index is 487. The minimum atomic E-state index is -1.13. The Morgan fingerprint density at radius 3 is 2.58 bits per heavy atom. The maximum absolute atomic E-state index is 11.3. The lowest BCUT2D eigenvalue weighted by atomic mass is 9.93. The number of hydrogen-bond donors (Lipinski definition) is 1. The first-order valence-electron chi connectivity index (χ1n) is 5.79. The van der Waals surface area contributed by atoms with Crippen molar-refractivity contribution in [3.63, 3.8) is 0 Å². The van der Waals surface area contributed by atoms with Crippen LogP contribution < -0.4 is 4.74 Å². The third-order valence-corrected chi connectivity index (χ3v) is 2.62. The van der Waals surface area contributed by atoms with Crippen molar-refractivity contribution in [2.45, 2.75) is 26.2 Å². The van der Waals surface area contributed by atoms with E-state index < -0.39 is 16.8 Å². The second-order valence-electron chi connectivity index (χ2n) is 4.54. The van der Waals surface area contributed by atoms with Gasteiger partial charge in [-0.1, -0.05) is 13.8 Å². The zero-order chi connectivity index (χ0) is 14.6. The molecule has 1 aromatic heterocycles. The number of carboxylic acids is 1. The van der Waals surface area contributed by atoms with Crippen LogP contribution in [0, 0.1) is 16.0 Å². The Hall–Kier alpha value is -2.18. The molecule has 19 heavy (non-hydrogen) atoms. The monoisotopic (exact) mass is 268 g/mol. The highest BCUT2D eigenvalue weighted by Gasteiger charge is 2.30. The van der Waals surface area contributed by atoms with Crippen LogP contribution in [0.25, 0.3) is 0 Å². The van der Waals surface area contributed by atoms with Crippen LogP contribution in [0.2, 0.25) is 0 Å². The first-order chi connectivity index (χ1) is 8.86. The number of pyridine rings is 1. The standard InChI is InChI=1S/C12H16N2O5/c1-7(2)6-8(12(15)16)11-9(14(17)18)4-5-10(13-11)19-3/h4-5,7-8H,6H2,1-3H3,(H,15,16). The molecule has 0 amide bonds. The highest BCUT2D eigenvalue weighted by molar-refractivity contribution is 5.77. The second-order valence-corrected chi connectivity index (χ2v) is 4.54. The predicted octanol–water partition coefficient (Wildman–Crippen LogP) is 2.21. The van der Waals surface area contributed by atoms with Crippen LogP contribution in [0.5, 0.6) is 5.88 Å². The molecule has 1 heterocycles. The van der Waals surface area contributed by atoms with Gasteiger partial charge in [0, 0.05) is 12.1 Å². The predicted molar refractivity (Wildman–Crippen MR) is 67.3 cm³/mol.